The standard InChI is InChI=1S/C21H20N8O/c1-29(2)6-7-30-14-8-13(10-22-11-14)17-9-15-18(12-24-17)27-28-19(15)21-25-16-4-3-5-23-20(16)26-21/h3-5,8-12H,6-7H2,1-2H3,(H,27,28)(H,23,25,26). The zero-order valence-electron chi connectivity index (χ0n) is 16.6. The first-order chi connectivity index (χ1) is 14.7. The molecular weight excluding hydrogens is 380 g/mol. The Bertz CT molecular complexity index is 1290. The van der Waals surface area contributed by atoms with Crippen LogP contribution in [0, 0.1) is 0 Å². The monoisotopic (exact) mass is 400 g/mol. The molecule has 0 atom stereocenters. The van der Waals surface area contributed by atoms with Crippen LogP contribution in [0.4, 0.5) is 0 Å². The molecule has 0 unspecified atom stereocenters. The van der Waals surface area contributed by atoms with E-state index in [0.717, 1.165) is 45.6 Å². The van der Waals surface area contributed by atoms with Gasteiger partial charge in [-0.25, -0.2) is 9.97 Å². The normalized spacial score (nSPS) is 11.6. The Labute approximate surface area is 172 Å². The van der Waals surface area contributed by atoms with Gasteiger partial charge in [-0.15, -0.1) is 0 Å². The summed E-state index contributed by atoms with van der Waals surface area (Å²) in [4.78, 5) is 23.1. The summed E-state index contributed by atoms with van der Waals surface area (Å²) in [5.41, 5.74) is 4.73. The quantitative estimate of drug-likeness (QED) is 0.451. The van der Waals surface area contributed by atoms with Gasteiger partial charge in [-0.2, -0.15) is 5.10 Å². The van der Waals surface area contributed by atoms with Crippen molar-refractivity contribution in [2.24, 2.45) is 0 Å². The molecule has 0 bridgehead atoms. The van der Waals surface area contributed by atoms with E-state index in [9.17, 15) is 0 Å². The van der Waals surface area contributed by atoms with E-state index < -0.39 is 0 Å². The van der Waals surface area contributed by atoms with Gasteiger partial charge < -0.3 is 14.6 Å². The molecule has 5 heterocycles. The number of H-pyrrole nitrogens is 2. The summed E-state index contributed by atoms with van der Waals surface area (Å²) >= 11 is 0. The fourth-order valence-corrected chi connectivity index (χ4v) is 3.20. The summed E-state index contributed by atoms with van der Waals surface area (Å²) in [5.74, 6) is 1.37. The van der Waals surface area contributed by atoms with Crippen LogP contribution >= 0.6 is 0 Å². The largest absolute Gasteiger partial charge is 0.491 e. The lowest BCUT2D eigenvalue weighted by Gasteiger charge is -2.11. The zero-order valence-corrected chi connectivity index (χ0v) is 16.6. The number of hydrogen-bond donors (Lipinski definition) is 2. The van der Waals surface area contributed by atoms with Crippen LogP contribution in [0.15, 0.2) is 49.1 Å². The Kier molecular flexibility index (Phi) is 4.56. The molecule has 0 radical (unpaired) electrons. The minimum absolute atomic E-state index is 0.594. The van der Waals surface area contributed by atoms with Gasteiger partial charge in [0.05, 0.1) is 23.6 Å². The van der Waals surface area contributed by atoms with Crippen LogP contribution < -0.4 is 4.74 Å². The topological polar surface area (TPSA) is 109 Å². The predicted molar refractivity (Wildman–Crippen MR) is 114 cm³/mol. The van der Waals surface area contributed by atoms with Gasteiger partial charge in [0.1, 0.15) is 23.6 Å². The first-order valence-electron chi connectivity index (χ1n) is 9.55. The lowest BCUT2D eigenvalue weighted by molar-refractivity contribution is 0.261. The molecule has 0 fully saturated rings. The lowest BCUT2D eigenvalue weighted by Crippen LogP contribution is -2.19. The second kappa shape index (κ2) is 7.53. The van der Waals surface area contributed by atoms with Crippen molar-refractivity contribution in [2.45, 2.75) is 0 Å². The van der Waals surface area contributed by atoms with E-state index in [1.807, 2.05) is 38.4 Å². The SMILES string of the molecule is CN(C)CCOc1cncc(-c2cc3c(-c4nc5cccnc5[nH]4)n[nH]c3cn2)c1. The van der Waals surface area contributed by atoms with Gasteiger partial charge >= 0.3 is 0 Å². The van der Waals surface area contributed by atoms with Crippen LogP contribution in [0.1, 0.15) is 0 Å². The van der Waals surface area contributed by atoms with Crippen LogP contribution in [0.25, 0.3) is 44.8 Å². The van der Waals surface area contributed by atoms with Gasteiger partial charge in [-0.05, 0) is 38.4 Å². The highest BCUT2D eigenvalue weighted by atomic mass is 16.5. The molecule has 5 aromatic heterocycles. The predicted octanol–water partition coefficient (Wildman–Crippen LogP) is 2.90. The molecule has 150 valence electrons. The summed E-state index contributed by atoms with van der Waals surface area (Å²) in [5, 5.41) is 8.38. The molecule has 5 rings (SSSR count). The number of fused-ring (bicyclic) bond motifs is 2. The maximum absolute atomic E-state index is 5.81. The van der Waals surface area contributed by atoms with E-state index in [-0.39, 0.29) is 0 Å². The number of aromatic nitrogens is 7. The molecule has 0 aliphatic carbocycles. The fraction of sp³-hybridized carbons (Fsp3) is 0.190. The van der Waals surface area contributed by atoms with Crippen LogP contribution in [0.5, 0.6) is 5.75 Å². The molecule has 0 amide bonds. The second-order valence-electron chi connectivity index (χ2n) is 7.20. The number of hydrogen-bond acceptors (Lipinski definition) is 7. The molecule has 0 aromatic carbocycles. The zero-order chi connectivity index (χ0) is 20.5. The number of ether oxygens (including phenoxy) is 1. The minimum Gasteiger partial charge on any atom is -0.491 e. The molecular formula is C21H20N8O. The Morgan fingerprint density at radius 3 is 2.90 bits per heavy atom. The highest BCUT2D eigenvalue weighted by Gasteiger charge is 2.15. The molecule has 9 heteroatoms. The number of likely N-dealkylation sites (N-methyl/N-ethyl adjacent to an activating group) is 1. The molecule has 2 N–H and O–H groups in total. The molecule has 9 nitrogen and oxygen atoms in total. The van der Waals surface area contributed by atoms with E-state index in [1.165, 1.54) is 0 Å². The summed E-state index contributed by atoms with van der Waals surface area (Å²) in [6.45, 7) is 1.43. The molecule has 0 spiro atoms. The van der Waals surface area contributed by atoms with Crippen LogP contribution in [-0.4, -0.2) is 67.3 Å². The second-order valence-corrected chi connectivity index (χ2v) is 7.20. The fourth-order valence-electron chi connectivity index (χ4n) is 3.20. The van der Waals surface area contributed by atoms with Gasteiger partial charge in [0.25, 0.3) is 0 Å². The average molecular weight is 400 g/mol. The van der Waals surface area contributed by atoms with E-state index >= 15 is 0 Å². The number of aromatic amines is 2. The summed E-state index contributed by atoms with van der Waals surface area (Å²) in [7, 11) is 4.02. The average Bonchev–Trinajstić information content (AvgIpc) is 3.37. The summed E-state index contributed by atoms with van der Waals surface area (Å²) in [6, 6.07) is 7.70. The van der Waals surface area contributed by atoms with Crippen molar-refractivity contribution in [3.05, 3.63) is 49.1 Å². The van der Waals surface area contributed by atoms with E-state index in [2.05, 4.69) is 40.0 Å². The third-order valence-electron chi connectivity index (χ3n) is 4.74. The smallest absolute Gasteiger partial charge is 0.160 e. The molecule has 0 aliphatic heterocycles. The minimum atomic E-state index is 0.594. The maximum Gasteiger partial charge on any atom is 0.160 e. The summed E-state index contributed by atoms with van der Waals surface area (Å²) < 4.78 is 5.81. The highest BCUT2D eigenvalue weighted by Crippen LogP contribution is 2.29. The lowest BCUT2D eigenvalue weighted by atomic mass is 10.1. The van der Waals surface area contributed by atoms with Gasteiger partial charge in [-0.1, -0.05) is 0 Å². The van der Waals surface area contributed by atoms with Crippen molar-refractivity contribution >= 4 is 22.1 Å². The Morgan fingerprint density at radius 2 is 2.03 bits per heavy atom. The number of pyridine rings is 3. The van der Waals surface area contributed by atoms with Crippen LogP contribution in [0.3, 0.4) is 0 Å². The number of nitrogens with one attached hydrogen (secondary N) is 2. The van der Waals surface area contributed by atoms with Crippen molar-refractivity contribution in [2.75, 3.05) is 27.2 Å². The van der Waals surface area contributed by atoms with E-state index in [1.54, 1.807) is 24.8 Å². The third kappa shape index (κ3) is 3.46. The Morgan fingerprint density at radius 1 is 1.10 bits per heavy atom. The Hall–Kier alpha value is -3.85. The third-order valence-corrected chi connectivity index (χ3v) is 4.74. The molecule has 0 aliphatic rings. The molecule has 30 heavy (non-hydrogen) atoms. The van der Waals surface area contributed by atoms with Crippen molar-refractivity contribution in [3.63, 3.8) is 0 Å². The molecule has 5 aromatic rings. The van der Waals surface area contributed by atoms with E-state index in [0.29, 0.717) is 18.2 Å². The number of imidazole rings is 1. The molecule has 0 saturated carbocycles. The van der Waals surface area contributed by atoms with Crippen LogP contribution in [-0.2, 0) is 0 Å². The van der Waals surface area contributed by atoms with Gasteiger partial charge in [0.15, 0.2) is 11.5 Å². The Balaban J connectivity index is 1.50. The summed E-state index contributed by atoms with van der Waals surface area (Å²) in [6.07, 6.45) is 6.98. The van der Waals surface area contributed by atoms with Crippen molar-refractivity contribution in [1.82, 2.24) is 40.0 Å². The number of rotatable bonds is 6. The first kappa shape index (κ1) is 18.2. The molecule has 0 saturated heterocycles. The van der Waals surface area contributed by atoms with Gasteiger partial charge in [0, 0.05) is 29.9 Å². The first-order valence-corrected chi connectivity index (χ1v) is 9.55. The van der Waals surface area contributed by atoms with Crippen molar-refractivity contribution in [1.29, 1.82) is 0 Å². The van der Waals surface area contributed by atoms with Gasteiger partial charge in [0.2, 0.25) is 0 Å². The highest BCUT2D eigenvalue weighted by molar-refractivity contribution is 5.94. The van der Waals surface area contributed by atoms with Crippen molar-refractivity contribution in [3.8, 4) is 28.5 Å². The van der Waals surface area contributed by atoms with Gasteiger partial charge in [-0.3, -0.25) is 15.1 Å². The number of nitrogens with zero attached hydrogens (tertiary/aromatic N) is 6. The maximum atomic E-state index is 5.81. The van der Waals surface area contributed by atoms with E-state index in [4.69, 9.17) is 4.74 Å². The van der Waals surface area contributed by atoms with Crippen LogP contribution in [0.2, 0.25) is 0 Å². The van der Waals surface area contributed by atoms with Crippen molar-refractivity contribution < 1.29 is 4.74 Å².